The second-order valence-electron chi connectivity index (χ2n) is 6.81. The lowest BCUT2D eigenvalue weighted by Crippen LogP contribution is -2.47. The summed E-state index contributed by atoms with van der Waals surface area (Å²) in [5, 5.41) is 2.09. The van der Waals surface area contributed by atoms with Crippen LogP contribution in [0.3, 0.4) is 0 Å². The minimum Gasteiger partial charge on any atom is -0.379 e. The molecule has 0 saturated carbocycles. The Labute approximate surface area is 143 Å². The van der Waals surface area contributed by atoms with Gasteiger partial charge in [0, 0.05) is 43.0 Å². The van der Waals surface area contributed by atoms with Crippen molar-refractivity contribution in [2.24, 2.45) is 11.8 Å². The Balaban J connectivity index is 1.60. The third kappa shape index (κ3) is 3.95. The second-order valence-corrected chi connectivity index (χ2v) is 7.84. The number of thiophene rings is 1. The predicted molar refractivity (Wildman–Crippen MR) is 93.7 cm³/mol. The number of ether oxygens (including phenoxy) is 1. The molecule has 0 aromatic carbocycles. The Hall–Kier alpha value is -0.910. The topological polar surface area (TPSA) is 32.8 Å². The highest BCUT2D eigenvalue weighted by Gasteiger charge is 2.38. The largest absolute Gasteiger partial charge is 0.379 e. The first kappa shape index (κ1) is 16.9. The van der Waals surface area contributed by atoms with E-state index in [1.165, 1.54) is 4.88 Å². The maximum absolute atomic E-state index is 12.8. The smallest absolute Gasteiger partial charge is 0.225 e. The molecule has 1 amide bonds. The van der Waals surface area contributed by atoms with E-state index >= 15 is 0 Å². The molecule has 3 rings (SSSR count). The highest BCUT2D eigenvalue weighted by atomic mass is 32.1. The Morgan fingerprint density at radius 3 is 2.83 bits per heavy atom. The van der Waals surface area contributed by atoms with E-state index in [9.17, 15) is 4.79 Å². The maximum Gasteiger partial charge on any atom is 0.225 e. The molecule has 0 spiro atoms. The highest BCUT2D eigenvalue weighted by molar-refractivity contribution is 7.09. The van der Waals surface area contributed by atoms with Crippen LogP contribution in [0.25, 0.3) is 0 Å². The number of morpholine rings is 1. The molecular formula is C18H28N2O2S. The van der Waals surface area contributed by atoms with Gasteiger partial charge in [0.25, 0.3) is 0 Å². The van der Waals surface area contributed by atoms with Crippen molar-refractivity contribution in [3.8, 4) is 0 Å². The monoisotopic (exact) mass is 336 g/mol. The van der Waals surface area contributed by atoms with Crippen LogP contribution in [0.4, 0.5) is 0 Å². The van der Waals surface area contributed by atoms with Gasteiger partial charge in [0.15, 0.2) is 0 Å². The van der Waals surface area contributed by atoms with Crippen LogP contribution in [-0.4, -0.2) is 61.1 Å². The number of hydrogen-bond donors (Lipinski definition) is 0. The van der Waals surface area contributed by atoms with Crippen molar-refractivity contribution in [3.05, 3.63) is 22.4 Å². The van der Waals surface area contributed by atoms with E-state index in [1.54, 1.807) is 11.3 Å². The van der Waals surface area contributed by atoms with Crippen molar-refractivity contribution in [1.29, 1.82) is 0 Å². The third-order valence-electron chi connectivity index (χ3n) is 5.27. The summed E-state index contributed by atoms with van der Waals surface area (Å²) < 4.78 is 5.48. The summed E-state index contributed by atoms with van der Waals surface area (Å²) in [6.07, 6.45) is 2.01. The SMILES string of the molecule is CCC1CN(C(=O)C(C)Cc2cccs2)CC1N1CCOCC1. The summed E-state index contributed by atoms with van der Waals surface area (Å²) in [6, 6.07) is 4.71. The van der Waals surface area contributed by atoms with E-state index in [2.05, 4.69) is 41.2 Å². The lowest BCUT2D eigenvalue weighted by Gasteiger charge is -2.34. The van der Waals surface area contributed by atoms with Crippen molar-refractivity contribution in [1.82, 2.24) is 9.80 Å². The lowest BCUT2D eigenvalue weighted by molar-refractivity contribution is -0.134. The zero-order valence-electron chi connectivity index (χ0n) is 14.2. The molecule has 0 radical (unpaired) electrons. The Bertz CT molecular complexity index is 499. The van der Waals surface area contributed by atoms with Gasteiger partial charge in [-0.2, -0.15) is 0 Å². The van der Waals surface area contributed by atoms with Gasteiger partial charge < -0.3 is 9.64 Å². The van der Waals surface area contributed by atoms with Crippen LogP contribution in [0.1, 0.15) is 25.1 Å². The zero-order chi connectivity index (χ0) is 16.2. The summed E-state index contributed by atoms with van der Waals surface area (Å²) in [5.41, 5.74) is 0. The normalized spacial score (nSPS) is 27.3. The molecular weight excluding hydrogens is 308 g/mol. The molecule has 2 aliphatic rings. The standard InChI is InChI=1S/C18H28N2O2S/c1-3-15-12-20(13-17(15)19-6-8-22-9-7-19)18(21)14(2)11-16-5-4-10-23-16/h4-5,10,14-15,17H,3,6-9,11-13H2,1-2H3. The van der Waals surface area contributed by atoms with Crippen molar-refractivity contribution >= 4 is 17.2 Å². The first-order valence-electron chi connectivity index (χ1n) is 8.82. The van der Waals surface area contributed by atoms with Gasteiger partial charge in [0.05, 0.1) is 13.2 Å². The van der Waals surface area contributed by atoms with Gasteiger partial charge in [0.2, 0.25) is 5.91 Å². The van der Waals surface area contributed by atoms with E-state index in [1.807, 2.05) is 0 Å². The van der Waals surface area contributed by atoms with Crippen LogP contribution in [0, 0.1) is 11.8 Å². The van der Waals surface area contributed by atoms with Crippen molar-refractivity contribution in [3.63, 3.8) is 0 Å². The first-order chi connectivity index (χ1) is 11.2. The minimum atomic E-state index is 0.0783. The molecule has 3 atom stereocenters. The van der Waals surface area contributed by atoms with Gasteiger partial charge in [-0.05, 0) is 23.8 Å². The Morgan fingerprint density at radius 1 is 1.39 bits per heavy atom. The third-order valence-corrected chi connectivity index (χ3v) is 6.16. The van der Waals surface area contributed by atoms with E-state index < -0.39 is 0 Å². The van der Waals surface area contributed by atoms with Gasteiger partial charge in [0.1, 0.15) is 0 Å². The summed E-state index contributed by atoms with van der Waals surface area (Å²) >= 11 is 1.75. The molecule has 0 bridgehead atoms. The van der Waals surface area contributed by atoms with Gasteiger partial charge in [-0.3, -0.25) is 9.69 Å². The molecule has 2 fully saturated rings. The Morgan fingerprint density at radius 2 is 2.17 bits per heavy atom. The molecule has 0 aliphatic carbocycles. The predicted octanol–water partition coefficient (Wildman–Crippen LogP) is 2.50. The van der Waals surface area contributed by atoms with Crippen molar-refractivity contribution < 1.29 is 9.53 Å². The molecule has 1 aromatic rings. The number of amides is 1. The fourth-order valence-electron chi connectivity index (χ4n) is 3.89. The van der Waals surface area contributed by atoms with E-state index in [-0.39, 0.29) is 5.92 Å². The average Bonchev–Trinajstić information content (AvgIpc) is 3.24. The fraction of sp³-hybridized carbons (Fsp3) is 0.722. The molecule has 128 valence electrons. The van der Waals surface area contributed by atoms with Gasteiger partial charge >= 0.3 is 0 Å². The van der Waals surface area contributed by atoms with E-state index in [0.29, 0.717) is 17.9 Å². The zero-order valence-corrected chi connectivity index (χ0v) is 15.1. The molecule has 2 saturated heterocycles. The van der Waals surface area contributed by atoms with Gasteiger partial charge in [-0.1, -0.05) is 26.3 Å². The second kappa shape index (κ2) is 7.77. The summed E-state index contributed by atoms with van der Waals surface area (Å²) in [7, 11) is 0. The lowest BCUT2D eigenvalue weighted by atomic mass is 9.99. The van der Waals surface area contributed by atoms with Crippen molar-refractivity contribution in [2.75, 3.05) is 39.4 Å². The number of nitrogens with zero attached hydrogens (tertiary/aromatic N) is 2. The minimum absolute atomic E-state index is 0.0783. The van der Waals surface area contributed by atoms with Crippen LogP contribution in [0.15, 0.2) is 17.5 Å². The summed E-state index contributed by atoms with van der Waals surface area (Å²) in [4.78, 5) is 18.8. The van der Waals surface area contributed by atoms with E-state index in [0.717, 1.165) is 52.2 Å². The van der Waals surface area contributed by atoms with Gasteiger partial charge in [-0.25, -0.2) is 0 Å². The number of carbonyl (C=O) groups excluding carboxylic acids is 1. The number of hydrogen-bond acceptors (Lipinski definition) is 4. The molecule has 1 aromatic heterocycles. The molecule has 3 heterocycles. The van der Waals surface area contributed by atoms with Gasteiger partial charge in [-0.15, -0.1) is 11.3 Å². The maximum atomic E-state index is 12.8. The summed E-state index contributed by atoms with van der Waals surface area (Å²) in [5.74, 6) is 1.01. The fourth-order valence-corrected chi connectivity index (χ4v) is 4.72. The molecule has 0 N–H and O–H groups in total. The molecule has 2 aliphatic heterocycles. The number of likely N-dealkylation sites (tertiary alicyclic amines) is 1. The number of rotatable bonds is 5. The van der Waals surface area contributed by atoms with Crippen LogP contribution < -0.4 is 0 Å². The summed E-state index contributed by atoms with van der Waals surface area (Å²) in [6.45, 7) is 9.82. The molecule has 23 heavy (non-hydrogen) atoms. The van der Waals surface area contributed by atoms with Crippen LogP contribution >= 0.6 is 11.3 Å². The van der Waals surface area contributed by atoms with Crippen LogP contribution in [-0.2, 0) is 16.0 Å². The quantitative estimate of drug-likeness (QED) is 0.828. The Kier molecular flexibility index (Phi) is 5.72. The van der Waals surface area contributed by atoms with Crippen LogP contribution in [0.5, 0.6) is 0 Å². The van der Waals surface area contributed by atoms with Crippen molar-refractivity contribution in [2.45, 2.75) is 32.7 Å². The number of carbonyl (C=O) groups is 1. The average molecular weight is 337 g/mol. The molecule has 3 unspecified atom stereocenters. The highest BCUT2D eigenvalue weighted by Crippen LogP contribution is 2.27. The molecule has 5 heteroatoms. The molecule has 4 nitrogen and oxygen atoms in total. The first-order valence-corrected chi connectivity index (χ1v) is 9.70. The van der Waals surface area contributed by atoms with Crippen LogP contribution in [0.2, 0.25) is 0 Å². The van der Waals surface area contributed by atoms with E-state index in [4.69, 9.17) is 4.74 Å².